The lowest BCUT2D eigenvalue weighted by molar-refractivity contribution is -0.140. The smallest absolute Gasteiger partial charge is 0.244 e. The SMILES string of the molecule is CCCNC(=O)[C@@H](Cc1ccccc1)N(Cc1ccccc1Cl)C(=O)CN(c1ccc(OC)cc1OC)S(C)(=O)=O. The predicted octanol–water partition coefficient (Wildman–Crippen LogP) is 4.29. The Morgan fingerprint density at radius 2 is 1.66 bits per heavy atom. The number of anilines is 1. The van der Waals surface area contributed by atoms with Crippen molar-refractivity contribution in [3.05, 3.63) is 88.9 Å². The van der Waals surface area contributed by atoms with Gasteiger partial charge >= 0.3 is 0 Å². The van der Waals surface area contributed by atoms with Gasteiger partial charge in [0, 0.05) is 30.6 Å². The maximum absolute atomic E-state index is 14.2. The summed E-state index contributed by atoms with van der Waals surface area (Å²) in [4.78, 5) is 29.1. The molecule has 0 aliphatic rings. The van der Waals surface area contributed by atoms with Gasteiger partial charge in [-0.1, -0.05) is 67.1 Å². The highest BCUT2D eigenvalue weighted by Crippen LogP contribution is 2.34. The highest BCUT2D eigenvalue weighted by Gasteiger charge is 2.34. The summed E-state index contributed by atoms with van der Waals surface area (Å²) in [5.74, 6) is -0.257. The molecule has 0 saturated heterocycles. The molecular weight excluding hydrogens is 566 g/mol. The van der Waals surface area contributed by atoms with Crippen LogP contribution in [0.2, 0.25) is 5.02 Å². The Balaban J connectivity index is 2.09. The molecule has 9 nitrogen and oxygen atoms in total. The van der Waals surface area contributed by atoms with Gasteiger partial charge in [0.15, 0.2) is 0 Å². The van der Waals surface area contributed by atoms with Gasteiger partial charge < -0.3 is 19.7 Å². The van der Waals surface area contributed by atoms with E-state index in [1.54, 1.807) is 30.3 Å². The molecule has 220 valence electrons. The lowest BCUT2D eigenvalue weighted by Gasteiger charge is -2.34. The topological polar surface area (TPSA) is 105 Å². The van der Waals surface area contributed by atoms with Gasteiger partial charge in [-0.25, -0.2) is 8.42 Å². The van der Waals surface area contributed by atoms with Crippen LogP contribution in [-0.4, -0.2) is 64.7 Å². The van der Waals surface area contributed by atoms with Crippen molar-refractivity contribution in [2.24, 2.45) is 0 Å². The van der Waals surface area contributed by atoms with Crippen LogP contribution >= 0.6 is 11.6 Å². The van der Waals surface area contributed by atoms with E-state index in [-0.39, 0.29) is 30.3 Å². The second-order valence-corrected chi connectivity index (χ2v) is 11.7. The van der Waals surface area contributed by atoms with Gasteiger partial charge in [-0.3, -0.25) is 13.9 Å². The molecule has 0 aliphatic heterocycles. The van der Waals surface area contributed by atoms with Crippen LogP contribution in [-0.2, 0) is 32.6 Å². The van der Waals surface area contributed by atoms with Crippen molar-refractivity contribution in [3.63, 3.8) is 0 Å². The minimum atomic E-state index is -3.96. The minimum absolute atomic E-state index is 0.00704. The van der Waals surface area contributed by atoms with Crippen LogP contribution in [0.1, 0.15) is 24.5 Å². The van der Waals surface area contributed by atoms with Crippen molar-refractivity contribution in [2.75, 3.05) is 37.9 Å². The van der Waals surface area contributed by atoms with Gasteiger partial charge in [0.2, 0.25) is 21.8 Å². The van der Waals surface area contributed by atoms with Gasteiger partial charge in [0.05, 0.1) is 26.2 Å². The van der Waals surface area contributed by atoms with E-state index in [9.17, 15) is 18.0 Å². The number of rotatable bonds is 14. The average Bonchev–Trinajstić information content (AvgIpc) is 2.96. The number of amides is 2. The fourth-order valence-electron chi connectivity index (χ4n) is 4.32. The third-order valence-electron chi connectivity index (χ3n) is 6.45. The zero-order valence-corrected chi connectivity index (χ0v) is 25.2. The third-order valence-corrected chi connectivity index (χ3v) is 7.95. The van der Waals surface area contributed by atoms with Crippen molar-refractivity contribution in [1.29, 1.82) is 0 Å². The predicted molar refractivity (Wildman–Crippen MR) is 161 cm³/mol. The molecule has 41 heavy (non-hydrogen) atoms. The monoisotopic (exact) mass is 601 g/mol. The zero-order chi connectivity index (χ0) is 30.0. The number of hydrogen-bond donors (Lipinski definition) is 1. The Labute approximate surface area is 247 Å². The lowest BCUT2D eigenvalue weighted by atomic mass is 10.0. The normalized spacial score (nSPS) is 11.8. The van der Waals surface area contributed by atoms with Crippen LogP contribution in [0.25, 0.3) is 0 Å². The van der Waals surface area contributed by atoms with Crippen molar-refractivity contribution >= 4 is 39.1 Å². The van der Waals surface area contributed by atoms with Gasteiger partial charge in [0.25, 0.3) is 0 Å². The summed E-state index contributed by atoms with van der Waals surface area (Å²) in [6, 6.07) is 20.1. The van der Waals surface area contributed by atoms with Crippen LogP contribution in [0.15, 0.2) is 72.8 Å². The highest BCUT2D eigenvalue weighted by atomic mass is 35.5. The molecule has 0 heterocycles. The molecule has 3 aromatic carbocycles. The van der Waals surface area contributed by atoms with E-state index in [1.807, 2.05) is 37.3 Å². The summed E-state index contributed by atoms with van der Waals surface area (Å²) in [6.07, 6.45) is 1.94. The Morgan fingerprint density at radius 3 is 2.27 bits per heavy atom. The molecule has 3 aromatic rings. The molecule has 0 fully saturated rings. The van der Waals surface area contributed by atoms with Crippen molar-refractivity contribution in [3.8, 4) is 11.5 Å². The van der Waals surface area contributed by atoms with E-state index >= 15 is 0 Å². The maximum Gasteiger partial charge on any atom is 0.244 e. The van der Waals surface area contributed by atoms with Crippen LogP contribution < -0.4 is 19.1 Å². The summed E-state index contributed by atoms with van der Waals surface area (Å²) in [5.41, 5.74) is 1.63. The lowest BCUT2D eigenvalue weighted by Crippen LogP contribution is -2.53. The van der Waals surface area contributed by atoms with E-state index in [1.165, 1.54) is 31.3 Å². The fourth-order valence-corrected chi connectivity index (χ4v) is 5.36. The standard InChI is InChI=1S/C30H36ClN3O6S/c1-5-17-32-30(36)27(18-22-11-7-6-8-12-22)33(20-23-13-9-10-14-25(23)31)29(35)21-34(41(4,37)38)26-16-15-24(39-2)19-28(26)40-3/h6-16,19,27H,5,17-18,20-21H2,1-4H3,(H,32,36)/t27-/m1/s1. The Bertz CT molecular complexity index is 1440. The van der Waals surface area contributed by atoms with Crippen LogP contribution in [0.4, 0.5) is 5.69 Å². The molecular formula is C30H36ClN3O6S. The molecule has 0 bridgehead atoms. The Hall–Kier alpha value is -3.76. The first kappa shape index (κ1) is 31.8. The Kier molecular flexibility index (Phi) is 11.4. The Morgan fingerprint density at radius 1 is 0.976 bits per heavy atom. The van der Waals surface area contributed by atoms with E-state index < -0.39 is 28.5 Å². The molecule has 11 heteroatoms. The maximum atomic E-state index is 14.2. The van der Waals surface area contributed by atoms with Crippen LogP contribution in [0.5, 0.6) is 11.5 Å². The van der Waals surface area contributed by atoms with Gasteiger partial charge in [-0.2, -0.15) is 0 Å². The van der Waals surface area contributed by atoms with Crippen molar-refractivity contribution < 1.29 is 27.5 Å². The number of ether oxygens (including phenoxy) is 2. The van der Waals surface area contributed by atoms with E-state index in [4.69, 9.17) is 21.1 Å². The molecule has 0 spiro atoms. The summed E-state index contributed by atoms with van der Waals surface area (Å²) >= 11 is 6.47. The first-order valence-corrected chi connectivity index (χ1v) is 15.4. The highest BCUT2D eigenvalue weighted by molar-refractivity contribution is 7.92. The second kappa shape index (κ2) is 14.7. The van der Waals surface area contributed by atoms with Crippen LogP contribution in [0.3, 0.4) is 0 Å². The van der Waals surface area contributed by atoms with Gasteiger partial charge in [-0.05, 0) is 35.7 Å². The summed E-state index contributed by atoms with van der Waals surface area (Å²) in [7, 11) is -1.08. The molecule has 0 unspecified atom stereocenters. The number of carbonyl (C=O) groups excluding carboxylic acids is 2. The molecule has 0 saturated carbocycles. The molecule has 1 N–H and O–H groups in total. The van der Waals surface area contributed by atoms with Crippen molar-refractivity contribution in [1.82, 2.24) is 10.2 Å². The second-order valence-electron chi connectivity index (χ2n) is 9.42. The first-order valence-electron chi connectivity index (χ1n) is 13.1. The number of halogens is 1. The summed E-state index contributed by atoms with van der Waals surface area (Å²) in [5, 5.41) is 3.33. The van der Waals surface area contributed by atoms with Gasteiger partial charge in [-0.15, -0.1) is 0 Å². The molecule has 2 amide bonds. The number of hydrogen-bond acceptors (Lipinski definition) is 6. The molecule has 3 rings (SSSR count). The molecule has 0 aromatic heterocycles. The number of carbonyl (C=O) groups is 2. The number of methoxy groups -OCH3 is 2. The molecule has 0 radical (unpaired) electrons. The average molecular weight is 602 g/mol. The van der Waals surface area contributed by atoms with E-state index in [2.05, 4.69) is 5.32 Å². The largest absolute Gasteiger partial charge is 0.497 e. The fraction of sp³-hybridized carbons (Fsp3) is 0.333. The molecule has 0 aliphatic carbocycles. The zero-order valence-electron chi connectivity index (χ0n) is 23.7. The number of sulfonamides is 1. The van der Waals surface area contributed by atoms with Crippen molar-refractivity contribution in [2.45, 2.75) is 32.4 Å². The third kappa shape index (κ3) is 8.61. The minimum Gasteiger partial charge on any atom is -0.497 e. The van der Waals surface area contributed by atoms with E-state index in [0.717, 1.165) is 16.1 Å². The quantitative estimate of drug-likeness (QED) is 0.296. The van der Waals surface area contributed by atoms with Crippen LogP contribution in [0, 0.1) is 0 Å². The number of nitrogens with one attached hydrogen (secondary N) is 1. The van der Waals surface area contributed by atoms with Gasteiger partial charge in [0.1, 0.15) is 24.1 Å². The first-order chi connectivity index (χ1) is 19.6. The van der Waals surface area contributed by atoms with E-state index in [0.29, 0.717) is 29.3 Å². The molecule has 1 atom stereocenters. The summed E-state index contributed by atoms with van der Waals surface area (Å²) in [6.45, 7) is 1.79. The number of nitrogens with zero attached hydrogens (tertiary/aromatic N) is 2. The number of benzene rings is 3. The summed E-state index contributed by atoms with van der Waals surface area (Å²) < 4.78 is 37.7.